The van der Waals surface area contributed by atoms with Crippen LogP contribution in [0.4, 0.5) is 0 Å². The molecule has 0 aliphatic carbocycles. The van der Waals surface area contributed by atoms with Gasteiger partial charge in [-0.3, -0.25) is 14.6 Å². The number of hydrogen-bond donors (Lipinski definition) is 1. The zero-order valence-electron chi connectivity index (χ0n) is 10.4. The molecule has 0 saturated carbocycles. The Morgan fingerprint density at radius 1 is 1.11 bits per heavy atom. The molecule has 3 aromatic rings. The fourth-order valence-corrected chi connectivity index (χ4v) is 2.15. The number of pyridine rings is 1. The fraction of sp³-hybridized carbons (Fsp3) is 0.0714. The molecule has 2 heterocycles. The van der Waals surface area contributed by atoms with Gasteiger partial charge in [0.15, 0.2) is 10.6 Å². The summed E-state index contributed by atoms with van der Waals surface area (Å²) in [7, 11) is 0. The van der Waals surface area contributed by atoms with Gasteiger partial charge in [0.05, 0.1) is 11.9 Å². The van der Waals surface area contributed by atoms with Crippen molar-refractivity contribution in [2.45, 2.75) is 6.92 Å². The summed E-state index contributed by atoms with van der Waals surface area (Å²) in [6, 6.07) is 13.9. The molecule has 0 spiro atoms. The van der Waals surface area contributed by atoms with Crippen molar-refractivity contribution < 1.29 is 0 Å². The molecule has 0 aliphatic rings. The number of aromatic nitrogens is 4. The van der Waals surface area contributed by atoms with Crippen molar-refractivity contribution in [1.29, 1.82) is 0 Å². The van der Waals surface area contributed by atoms with E-state index in [-0.39, 0.29) is 0 Å². The van der Waals surface area contributed by atoms with Gasteiger partial charge in [-0.05, 0) is 31.3 Å². The second-order valence-corrected chi connectivity index (χ2v) is 4.60. The van der Waals surface area contributed by atoms with Gasteiger partial charge in [0, 0.05) is 11.3 Å². The minimum absolute atomic E-state index is 0.560. The van der Waals surface area contributed by atoms with Crippen LogP contribution in [-0.4, -0.2) is 19.7 Å². The lowest BCUT2D eigenvalue weighted by molar-refractivity contribution is 1.01. The Morgan fingerprint density at radius 2 is 1.89 bits per heavy atom. The van der Waals surface area contributed by atoms with Crippen LogP contribution in [0.5, 0.6) is 0 Å². The molecular weight excluding hydrogens is 256 g/mol. The Morgan fingerprint density at radius 3 is 2.58 bits per heavy atom. The quantitative estimate of drug-likeness (QED) is 0.725. The number of H-pyrrole nitrogens is 1. The van der Waals surface area contributed by atoms with E-state index in [4.69, 9.17) is 12.2 Å². The van der Waals surface area contributed by atoms with E-state index in [0.717, 1.165) is 22.8 Å². The Hall–Kier alpha value is -2.27. The van der Waals surface area contributed by atoms with Gasteiger partial charge in [-0.2, -0.15) is 5.10 Å². The van der Waals surface area contributed by atoms with Crippen LogP contribution in [-0.2, 0) is 0 Å². The molecule has 0 bridgehead atoms. The van der Waals surface area contributed by atoms with Gasteiger partial charge >= 0.3 is 0 Å². The maximum absolute atomic E-state index is 5.30. The van der Waals surface area contributed by atoms with E-state index in [1.54, 1.807) is 6.20 Å². The van der Waals surface area contributed by atoms with Crippen LogP contribution in [0.1, 0.15) is 5.69 Å². The summed E-state index contributed by atoms with van der Waals surface area (Å²) >= 11 is 5.30. The molecule has 3 rings (SSSR count). The third kappa shape index (κ3) is 2.20. The van der Waals surface area contributed by atoms with Crippen LogP contribution >= 0.6 is 12.2 Å². The first-order chi connectivity index (χ1) is 9.25. The van der Waals surface area contributed by atoms with Gasteiger partial charge in [0.1, 0.15) is 0 Å². The molecule has 19 heavy (non-hydrogen) atoms. The SMILES string of the molecule is Cc1ccc(-n2c(-c3ccccc3)n[nH]c2=S)cn1. The second kappa shape index (κ2) is 4.78. The summed E-state index contributed by atoms with van der Waals surface area (Å²) in [5.41, 5.74) is 2.89. The lowest BCUT2D eigenvalue weighted by Gasteiger charge is -2.06. The van der Waals surface area contributed by atoms with E-state index < -0.39 is 0 Å². The van der Waals surface area contributed by atoms with Crippen molar-refractivity contribution in [3.63, 3.8) is 0 Å². The lowest BCUT2D eigenvalue weighted by Crippen LogP contribution is -1.98. The minimum atomic E-state index is 0.560. The van der Waals surface area contributed by atoms with Crippen LogP contribution in [0.25, 0.3) is 17.1 Å². The number of aromatic amines is 1. The van der Waals surface area contributed by atoms with Crippen LogP contribution in [0.15, 0.2) is 48.7 Å². The van der Waals surface area contributed by atoms with Crippen molar-refractivity contribution in [2.24, 2.45) is 0 Å². The minimum Gasteiger partial charge on any atom is -0.267 e. The van der Waals surface area contributed by atoms with E-state index in [2.05, 4.69) is 15.2 Å². The summed E-state index contributed by atoms with van der Waals surface area (Å²) in [4.78, 5) is 4.30. The molecule has 4 nitrogen and oxygen atoms in total. The number of rotatable bonds is 2. The Kier molecular flexibility index (Phi) is 2.97. The lowest BCUT2D eigenvalue weighted by atomic mass is 10.2. The maximum Gasteiger partial charge on any atom is 0.200 e. The van der Waals surface area contributed by atoms with Crippen molar-refractivity contribution in [1.82, 2.24) is 19.7 Å². The predicted molar refractivity (Wildman–Crippen MR) is 76.7 cm³/mol. The average Bonchev–Trinajstić information content (AvgIpc) is 2.83. The van der Waals surface area contributed by atoms with Gasteiger partial charge in [-0.1, -0.05) is 30.3 Å². The monoisotopic (exact) mass is 268 g/mol. The Balaban J connectivity index is 2.19. The summed E-state index contributed by atoms with van der Waals surface area (Å²) in [6.07, 6.45) is 1.80. The van der Waals surface area contributed by atoms with E-state index in [1.165, 1.54) is 0 Å². The molecule has 5 heteroatoms. The molecule has 2 aromatic heterocycles. The molecule has 94 valence electrons. The first-order valence-electron chi connectivity index (χ1n) is 5.91. The smallest absolute Gasteiger partial charge is 0.200 e. The fourth-order valence-electron chi connectivity index (χ4n) is 1.91. The van der Waals surface area contributed by atoms with Gasteiger partial charge < -0.3 is 0 Å². The van der Waals surface area contributed by atoms with E-state index >= 15 is 0 Å². The number of aryl methyl sites for hydroxylation is 1. The standard InChI is InChI=1S/C14H12N4S/c1-10-7-8-12(9-15-10)18-13(16-17-14(18)19)11-5-3-2-4-6-11/h2-9H,1H3,(H,17,19). The van der Waals surface area contributed by atoms with Gasteiger partial charge in [-0.25, -0.2) is 0 Å². The molecule has 1 N–H and O–H groups in total. The zero-order valence-corrected chi connectivity index (χ0v) is 11.2. The van der Waals surface area contributed by atoms with E-state index in [0.29, 0.717) is 4.77 Å². The second-order valence-electron chi connectivity index (χ2n) is 4.21. The average molecular weight is 268 g/mol. The molecule has 0 atom stereocenters. The van der Waals surface area contributed by atoms with Crippen LogP contribution in [0.2, 0.25) is 0 Å². The summed E-state index contributed by atoms with van der Waals surface area (Å²) in [5, 5.41) is 7.14. The Bertz CT molecular complexity index is 741. The highest BCUT2D eigenvalue weighted by atomic mass is 32.1. The zero-order chi connectivity index (χ0) is 13.2. The van der Waals surface area contributed by atoms with E-state index in [1.807, 2.05) is 54.0 Å². The highest BCUT2D eigenvalue weighted by Crippen LogP contribution is 2.20. The third-order valence-corrected chi connectivity index (χ3v) is 3.13. The van der Waals surface area contributed by atoms with Crippen LogP contribution in [0.3, 0.4) is 0 Å². The topological polar surface area (TPSA) is 46.5 Å². The summed E-state index contributed by atoms with van der Waals surface area (Å²) < 4.78 is 2.45. The predicted octanol–water partition coefficient (Wildman–Crippen LogP) is 3.30. The maximum atomic E-state index is 5.30. The normalized spacial score (nSPS) is 10.6. The third-order valence-electron chi connectivity index (χ3n) is 2.86. The number of benzene rings is 1. The van der Waals surface area contributed by atoms with Crippen LogP contribution in [0, 0.1) is 11.7 Å². The van der Waals surface area contributed by atoms with Crippen molar-refractivity contribution in [3.05, 3.63) is 59.1 Å². The first-order valence-corrected chi connectivity index (χ1v) is 6.32. The molecule has 0 amide bonds. The Labute approximate surface area is 115 Å². The van der Waals surface area contributed by atoms with Crippen molar-refractivity contribution in [3.8, 4) is 17.1 Å². The van der Waals surface area contributed by atoms with Crippen LogP contribution < -0.4 is 0 Å². The number of nitrogens with one attached hydrogen (secondary N) is 1. The highest BCUT2D eigenvalue weighted by Gasteiger charge is 2.10. The molecule has 1 aromatic carbocycles. The molecule has 0 aliphatic heterocycles. The molecule has 0 unspecified atom stereocenters. The molecular formula is C14H12N4S. The van der Waals surface area contributed by atoms with E-state index in [9.17, 15) is 0 Å². The van der Waals surface area contributed by atoms with Gasteiger partial charge in [0.25, 0.3) is 0 Å². The van der Waals surface area contributed by atoms with Gasteiger partial charge in [-0.15, -0.1) is 0 Å². The first kappa shape index (κ1) is 11.8. The molecule has 0 radical (unpaired) electrons. The van der Waals surface area contributed by atoms with Crippen molar-refractivity contribution >= 4 is 12.2 Å². The molecule has 0 fully saturated rings. The van der Waals surface area contributed by atoms with Gasteiger partial charge in [0.2, 0.25) is 0 Å². The number of nitrogens with zero attached hydrogens (tertiary/aromatic N) is 3. The summed E-state index contributed by atoms with van der Waals surface area (Å²) in [5.74, 6) is 0.788. The molecule has 0 saturated heterocycles. The largest absolute Gasteiger partial charge is 0.267 e. The highest BCUT2D eigenvalue weighted by molar-refractivity contribution is 7.71. The summed E-state index contributed by atoms with van der Waals surface area (Å²) in [6.45, 7) is 1.95. The number of hydrogen-bond acceptors (Lipinski definition) is 3. The van der Waals surface area contributed by atoms with Crippen molar-refractivity contribution in [2.75, 3.05) is 0 Å².